The van der Waals surface area contributed by atoms with E-state index >= 15 is 0 Å². The number of aryl methyl sites for hydroxylation is 1. The molecule has 2 nitrogen and oxygen atoms in total. The minimum atomic E-state index is -0.0187. The van der Waals surface area contributed by atoms with Gasteiger partial charge in [-0.15, -0.1) is 0 Å². The van der Waals surface area contributed by atoms with E-state index in [0.29, 0.717) is 10.6 Å². The van der Waals surface area contributed by atoms with Crippen molar-refractivity contribution in [2.75, 3.05) is 0 Å². The first-order chi connectivity index (χ1) is 8.56. The molecule has 0 saturated heterocycles. The molecule has 0 bridgehead atoms. The number of nitrogens with zero attached hydrogens (tertiary/aromatic N) is 1. The predicted octanol–water partition coefficient (Wildman–Crippen LogP) is 4.23. The van der Waals surface area contributed by atoms with Crippen molar-refractivity contribution in [1.29, 1.82) is 0 Å². The van der Waals surface area contributed by atoms with Crippen molar-refractivity contribution in [3.05, 3.63) is 62.8 Å². The summed E-state index contributed by atoms with van der Waals surface area (Å²) in [6.45, 7) is 1.94. The zero-order valence-electron chi connectivity index (χ0n) is 9.78. The van der Waals surface area contributed by atoms with E-state index in [0.717, 1.165) is 15.7 Å². The second kappa shape index (κ2) is 5.63. The molecule has 0 aliphatic heterocycles. The Labute approximate surface area is 119 Å². The summed E-state index contributed by atoms with van der Waals surface area (Å²) < 4.78 is 0.895. The highest BCUT2D eigenvalue weighted by atomic mass is 79.9. The van der Waals surface area contributed by atoms with Crippen molar-refractivity contribution in [2.45, 2.75) is 13.3 Å². The topological polar surface area (TPSA) is 30.0 Å². The molecule has 1 aromatic heterocycles. The number of benzene rings is 1. The van der Waals surface area contributed by atoms with Gasteiger partial charge in [-0.1, -0.05) is 17.7 Å². The molecule has 0 aliphatic carbocycles. The molecule has 0 atom stereocenters. The Morgan fingerprint density at radius 3 is 2.72 bits per heavy atom. The molecule has 0 amide bonds. The fourth-order valence-corrected chi connectivity index (χ4v) is 2.19. The van der Waals surface area contributed by atoms with Gasteiger partial charge in [0, 0.05) is 21.9 Å². The molecule has 0 unspecified atom stereocenters. The number of halogens is 2. The highest BCUT2D eigenvalue weighted by molar-refractivity contribution is 9.10. The van der Waals surface area contributed by atoms with Gasteiger partial charge in [-0.3, -0.25) is 9.78 Å². The van der Waals surface area contributed by atoms with E-state index < -0.39 is 0 Å². The third-order valence-electron chi connectivity index (χ3n) is 2.56. The SMILES string of the molecule is Cc1ccc(C(=O)Cc2ccc(Br)cn2)c(Cl)c1. The van der Waals surface area contributed by atoms with E-state index in [1.807, 2.05) is 25.1 Å². The lowest BCUT2D eigenvalue weighted by atomic mass is 10.0. The van der Waals surface area contributed by atoms with Gasteiger partial charge in [0.25, 0.3) is 0 Å². The Kier molecular flexibility index (Phi) is 4.15. The zero-order valence-corrected chi connectivity index (χ0v) is 12.1. The fourth-order valence-electron chi connectivity index (χ4n) is 1.62. The van der Waals surface area contributed by atoms with Crippen LogP contribution >= 0.6 is 27.5 Å². The van der Waals surface area contributed by atoms with E-state index in [-0.39, 0.29) is 12.2 Å². The van der Waals surface area contributed by atoms with Crippen LogP contribution in [0, 0.1) is 6.92 Å². The third-order valence-corrected chi connectivity index (χ3v) is 3.34. The number of carbonyl (C=O) groups excluding carboxylic acids is 1. The number of ketones is 1. The molecule has 18 heavy (non-hydrogen) atoms. The fraction of sp³-hybridized carbons (Fsp3) is 0.143. The molecule has 0 radical (unpaired) electrons. The van der Waals surface area contributed by atoms with Gasteiger partial charge >= 0.3 is 0 Å². The molecule has 1 aromatic carbocycles. The lowest BCUT2D eigenvalue weighted by molar-refractivity contribution is 0.0992. The highest BCUT2D eigenvalue weighted by Gasteiger charge is 2.11. The number of carbonyl (C=O) groups is 1. The summed E-state index contributed by atoms with van der Waals surface area (Å²) in [5, 5.41) is 0.497. The van der Waals surface area contributed by atoms with E-state index in [1.54, 1.807) is 18.3 Å². The average Bonchev–Trinajstić information content (AvgIpc) is 2.32. The van der Waals surface area contributed by atoms with Crippen molar-refractivity contribution in [1.82, 2.24) is 4.98 Å². The van der Waals surface area contributed by atoms with Crippen LogP contribution in [0.5, 0.6) is 0 Å². The first-order valence-electron chi connectivity index (χ1n) is 5.46. The Hall–Kier alpha value is -1.19. The average molecular weight is 325 g/mol. The molecular weight excluding hydrogens is 314 g/mol. The summed E-state index contributed by atoms with van der Waals surface area (Å²) in [6.07, 6.45) is 1.94. The minimum Gasteiger partial charge on any atom is -0.294 e. The summed E-state index contributed by atoms with van der Waals surface area (Å²) in [5.41, 5.74) is 2.32. The second-order valence-electron chi connectivity index (χ2n) is 4.05. The molecule has 0 spiro atoms. The van der Waals surface area contributed by atoms with Crippen LogP contribution in [0.15, 0.2) is 41.0 Å². The van der Waals surface area contributed by atoms with Crippen molar-refractivity contribution in [3.63, 3.8) is 0 Å². The van der Waals surface area contributed by atoms with Crippen molar-refractivity contribution < 1.29 is 4.79 Å². The normalized spacial score (nSPS) is 10.4. The van der Waals surface area contributed by atoms with Gasteiger partial charge in [0.15, 0.2) is 5.78 Å². The Morgan fingerprint density at radius 1 is 1.33 bits per heavy atom. The molecule has 92 valence electrons. The van der Waals surface area contributed by atoms with Crippen LogP contribution in [-0.2, 0) is 6.42 Å². The van der Waals surface area contributed by atoms with Gasteiger partial charge < -0.3 is 0 Å². The minimum absolute atomic E-state index is 0.0187. The van der Waals surface area contributed by atoms with Gasteiger partial charge in [0.05, 0.1) is 11.4 Å². The Morgan fingerprint density at radius 2 is 2.11 bits per heavy atom. The van der Waals surface area contributed by atoms with Crippen molar-refractivity contribution in [2.24, 2.45) is 0 Å². The lowest BCUT2D eigenvalue weighted by Crippen LogP contribution is -2.05. The number of aromatic nitrogens is 1. The maximum atomic E-state index is 12.1. The number of hydrogen-bond donors (Lipinski definition) is 0. The predicted molar refractivity (Wildman–Crippen MR) is 76.2 cm³/mol. The largest absolute Gasteiger partial charge is 0.294 e. The first kappa shape index (κ1) is 13.2. The van der Waals surface area contributed by atoms with Crippen LogP contribution in [0.3, 0.4) is 0 Å². The molecule has 2 rings (SSSR count). The second-order valence-corrected chi connectivity index (χ2v) is 5.37. The van der Waals surface area contributed by atoms with E-state index in [4.69, 9.17) is 11.6 Å². The van der Waals surface area contributed by atoms with E-state index in [9.17, 15) is 4.79 Å². The molecule has 0 saturated carbocycles. The molecule has 0 aliphatic rings. The van der Waals surface area contributed by atoms with E-state index in [1.165, 1.54) is 0 Å². The lowest BCUT2D eigenvalue weighted by Gasteiger charge is -2.04. The summed E-state index contributed by atoms with van der Waals surface area (Å²) >= 11 is 9.37. The molecule has 2 aromatic rings. The molecule has 0 N–H and O–H groups in total. The van der Waals surface area contributed by atoms with Crippen molar-refractivity contribution >= 4 is 33.3 Å². The maximum Gasteiger partial charge on any atom is 0.170 e. The molecular formula is C14H11BrClNO. The molecule has 1 heterocycles. The van der Waals surface area contributed by atoms with Crippen LogP contribution in [0.4, 0.5) is 0 Å². The summed E-state index contributed by atoms with van der Waals surface area (Å²) in [5.74, 6) is -0.0187. The molecule has 0 fully saturated rings. The number of Topliss-reactive ketones (excluding diaryl/α,β-unsaturated/α-hetero) is 1. The van der Waals surface area contributed by atoms with Crippen molar-refractivity contribution in [3.8, 4) is 0 Å². The van der Waals surface area contributed by atoms with Crippen LogP contribution in [0.1, 0.15) is 21.6 Å². The standard InChI is InChI=1S/C14H11BrClNO/c1-9-2-5-12(13(16)6-9)14(18)7-11-4-3-10(15)8-17-11/h2-6,8H,7H2,1H3. The van der Waals surface area contributed by atoms with Gasteiger partial charge in [-0.05, 0) is 52.7 Å². The third kappa shape index (κ3) is 3.18. The smallest absolute Gasteiger partial charge is 0.170 e. The number of hydrogen-bond acceptors (Lipinski definition) is 2. The van der Waals surface area contributed by atoms with Crippen LogP contribution < -0.4 is 0 Å². The first-order valence-corrected chi connectivity index (χ1v) is 6.63. The van der Waals surface area contributed by atoms with Gasteiger partial charge in [-0.2, -0.15) is 0 Å². The monoisotopic (exact) mass is 323 g/mol. The van der Waals surface area contributed by atoms with Gasteiger partial charge in [0.1, 0.15) is 0 Å². The van der Waals surface area contributed by atoms with Crippen LogP contribution in [0.25, 0.3) is 0 Å². The number of rotatable bonds is 3. The zero-order chi connectivity index (χ0) is 13.1. The molecule has 4 heteroatoms. The Bertz CT molecular complexity index is 581. The summed E-state index contributed by atoms with van der Waals surface area (Å²) in [4.78, 5) is 16.3. The van der Waals surface area contributed by atoms with E-state index in [2.05, 4.69) is 20.9 Å². The summed E-state index contributed by atoms with van der Waals surface area (Å²) in [7, 11) is 0. The quantitative estimate of drug-likeness (QED) is 0.791. The highest BCUT2D eigenvalue weighted by Crippen LogP contribution is 2.19. The van der Waals surface area contributed by atoms with Crippen LogP contribution in [-0.4, -0.2) is 10.8 Å². The number of pyridine rings is 1. The Balaban J connectivity index is 2.19. The van der Waals surface area contributed by atoms with Crippen LogP contribution in [0.2, 0.25) is 5.02 Å². The van der Waals surface area contributed by atoms with Gasteiger partial charge in [-0.25, -0.2) is 0 Å². The summed E-state index contributed by atoms with van der Waals surface area (Å²) in [6, 6.07) is 9.13. The van der Waals surface area contributed by atoms with Gasteiger partial charge in [0.2, 0.25) is 0 Å². The maximum absolute atomic E-state index is 12.1.